The van der Waals surface area contributed by atoms with E-state index in [1.807, 2.05) is 0 Å². The molecule has 0 bridgehead atoms. The Morgan fingerprint density at radius 2 is 2.13 bits per heavy atom. The Morgan fingerprint density at radius 3 is 2.78 bits per heavy atom. The van der Waals surface area contributed by atoms with Crippen LogP contribution in [0.1, 0.15) is 31.2 Å². The lowest BCUT2D eigenvalue weighted by Crippen LogP contribution is -2.33. The summed E-state index contributed by atoms with van der Waals surface area (Å²) in [7, 11) is 0. The molecule has 0 spiro atoms. The Kier molecular flexibility index (Phi) is 5.87. The van der Waals surface area contributed by atoms with Gasteiger partial charge < -0.3 is 15.8 Å². The van der Waals surface area contributed by atoms with E-state index in [9.17, 15) is 18.0 Å². The molecular weight excluding hydrogens is 309 g/mol. The van der Waals surface area contributed by atoms with E-state index in [1.54, 1.807) is 0 Å². The van der Waals surface area contributed by atoms with Gasteiger partial charge in [-0.05, 0) is 37.0 Å². The highest BCUT2D eigenvalue weighted by Gasteiger charge is 2.30. The standard InChI is InChI=1S/C16H21F3N2O2/c17-16(18,19)12-4-2-5-13(10-12)23-8-7-21-15(22)9-11-3-1-6-14(11)20/h2,4-5,10-11,14H,1,3,6-9,20H2,(H,21,22)/t11-,14+/m0/s1. The number of hydrogen-bond donors (Lipinski definition) is 2. The van der Waals surface area contributed by atoms with E-state index in [2.05, 4.69) is 5.32 Å². The van der Waals surface area contributed by atoms with Gasteiger partial charge >= 0.3 is 6.18 Å². The maximum atomic E-state index is 12.6. The molecule has 1 aromatic carbocycles. The van der Waals surface area contributed by atoms with Crippen LogP contribution in [0.15, 0.2) is 24.3 Å². The van der Waals surface area contributed by atoms with Crippen LogP contribution >= 0.6 is 0 Å². The normalized spacial score (nSPS) is 21.2. The van der Waals surface area contributed by atoms with Crippen molar-refractivity contribution in [1.29, 1.82) is 0 Å². The molecule has 0 aliphatic heterocycles. The number of halogens is 3. The zero-order chi connectivity index (χ0) is 16.9. The fourth-order valence-electron chi connectivity index (χ4n) is 2.75. The average molecular weight is 330 g/mol. The van der Waals surface area contributed by atoms with Crippen molar-refractivity contribution in [3.05, 3.63) is 29.8 Å². The van der Waals surface area contributed by atoms with E-state index in [1.165, 1.54) is 12.1 Å². The first-order valence-electron chi connectivity index (χ1n) is 7.68. The van der Waals surface area contributed by atoms with Crippen molar-refractivity contribution in [3.63, 3.8) is 0 Å². The van der Waals surface area contributed by atoms with Gasteiger partial charge in [-0.1, -0.05) is 12.5 Å². The summed E-state index contributed by atoms with van der Waals surface area (Å²) in [6.45, 7) is 0.362. The van der Waals surface area contributed by atoms with Crippen LogP contribution in [0.2, 0.25) is 0 Å². The molecule has 2 atom stereocenters. The molecule has 2 rings (SSSR count). The number of hydrogen-bond acceptors (Lipinski definition) is 3. The maximum absolute atomic E-state index is 12.6. The number of nitrogens with one attached hydrogen (secondary N) is 1. The molecule has 0 unspecified atom stereocenters. The molecular formula is C16H21F3N2O2. The summed E-state index contributed by atoms with van der Waals surface area (Å²) >= 11 is 0. The van der Waals surface area contributed by atoms with Gasteiger partial charge in [-0.2, -0.15) is 13.2 Å². The molecule has 23 heavy (non-hydrogen) atoms. The molecule has 1 fully saturated rings. The van der Waals surface area contributed by atoms with Crippen molar-refractivity contribution < 1.29 is 22.7 Å². The van der Waals surface area contributed by atoms with Crippen LogP contribution in [0.3, 0.4) is 0 Å². The predicted molar refractivity (Wildman–Crippen MR) is 79.9 cm³/mol. The average Bonchev–Trinajstić information content (AvgIpc) is 2.88. The van der Waals surface area contributed by atoms with Gasteiger partial charge in [0.15, 0.2) is 0 Å². The second kappa shape index (κ2) is 7.68. The van der Waals surface area contributed by atoms with Crippen LogP contribution in [-0.2, 0) is 11.0 Å². The smallest absolute Gasteiger partial charge is 0.416 e. The first-order valence-corrected chi connectivity index (χ1v) is 7.68. The molecule has 128 valence electrons. The molecule has 1 aliphatic rings. The number of alkyl halides is 3. The highest BCUT2D eigenvalue weighted by molar-refractivity contribution is 5.76. The van der Waals surface area contributed by atoms with Crippen LogP contribution in [0.4, 0.5) is 13.2 Å². The van der Waals surface area contributed by atoms with Crippen molar-refractivity contribution in [2.75, 3.05) is 13.2 Å². The van der Waals surface area contributed by atoms with Crippen molar-refractivity contribution in [2.24, 2.45) is 11.7 Å². The number of benzene rings is 1. The van der Waals surface area contributed by atoms with E-state index in [4.69, 9.17) is 10.5 Å². The molecule has 0 radical (unpaired) electrons. The number of rotatable bonds is 6. The Hall–Kier alpha value is -1.76. The van der Waals surface area contributed by atoms with Crippen LogP contribution in [0, 0.1) is 5.92 Å². The fourth-order valence-corrected chi connectivity index (χ4v) is 2.75. The minimum Gasteiger partial charge on any atom is -0.492 e. The van der Waals surface area contributed by atoms with Crippen molar-refractivity contribution >= 4 is 5.91 Å². The second-order valence-electron chi connectivity index (χ2n) is 5.78. The highest BCUT2D eigenvalue weighted by Crippen LogP contribution is 2.31. The largest absolute Gasteiger partial charge is 0.492 e. The summed E-state index contributed by atoms with van der Waals surface area (Å²) in [6.07, 6.45) is -1.03. The first kappa shape index (κ1) is 17.6. The SMILES string of the molecule is N[C@@H]1CCC[C@H]1CC(=O)NCCOc1cccc(C(F)(F)F)c1. The van der Waals surface area contributed by atoms with Crippen LogP contribution in [-0.4, -0.2) is 25.1 Å². The summed E-state index contributed by atoms with van der Waals surface area (Å²) in [6, 6.07) is 4.76. The van der Waals surface area contributed by atoms with Crippen LogP contribution in [0.5, 0.6) is 5.75 Å². The van der Waals surface area contributed by atoms with Crippen molar-refractivity contribution in [1.82, 2.24) is 5.32 Å². The maximum Gasteiger partial charge on any atom is 0.416 e. The van der Waals surface area contributed by atoms with Crippen molar-refractivity contribution in [2.45, 2.75) is 37.9 Å². The van der Waals surface area contributed by atoms with Gasteiger partial charge in [-0.25, -0.2) is 0 Å². The Morgan fingerprint density at radius 1 is 1.35 bits per heavy atom. The third kappa shape index (κ3) is 5.42. The Balaban J connectivity index is 1.70. The Labute approximate surface area is 133 Å². The molecule has 3 N–H and O–H groups in total. The number of ether oxygens (including phenoxy) is 1. The summed E-state index contributed by atoms with van der Waals surface area (Å²) in [5, 5.41) is 2.70. The second-order valence-corrected chi connectivity index (χ2v) is 5.78. The molecule has 0 saturated heterocycles. The first-order chi connectivity index (χ1) is 10.9. The van der Waals surface area contributed by atoms with Gasteiger partial charge in [0.2, 0.25) is 5.91 Å². The molecule has 0 aromatic heterocycles. The third-order valence-electron chi connectivity index (χ3n) is 4.02. The van der Waals surface area contributed by atoms with Gasteiger partial charge in [-0.15, -0.1) is 0 Å². The number of amides is 1. The summed E-state index contributed by atoms with van der Waals surface area (Å²) in [5.41, 5.74) is 5.16. The summed E-state index contributed by atoms with van der Waals surface area (Å²) in [4.78, 5) is 11.8. The predicted octanol–water partition coefficient (Wildman–Crippen LogP) is 2.72. The topological polar surface area (TPSA) is 64.4 Å². The van der Waals surface area contributed by atoms with Crippen LogP contribution < -0.4 is 15.8 Å². The lowest BCUT2D eigenvalue weighted by molar-refractivity contribution is -0.137. The zero-order valence-electron chi connectivity index (χ0n) is 12.7. The summed E-state index contributed by atoms with van der Waals surface area (Å²) < 4.78 is 42.9. The Bertz CT molecular complexity index is 534. The quantitative estimate of drug-likeness (QED) is 0.788. The third-order valence-corrected chi connectivity index (χ3v) is 4.02. The van der Waals surface area contributed by atoms with Gasteiger partial charge in [-0.3, -0.25) is 4.79 Å². The van der Waals surface area contributed by atoms with E-state index in [0.717, 1.165) is 31.4 Å². The van der Waals surface area contributed by atoms with Gasteiger partial charge in [0.05, 0.1) is 12.1 Å². The minimum atomic E-state index is -4.40. The zero-order valence-corrected chi connectivity index (χ0v) is 12.7. The number of nitrogens with two attached hydrogens (primary N) is 1. The van der Waals surface area contributed by atoms with E-state index >= 15 is 0 Å². The van der Waals surface area contributed by atoms with Crippen molar-refractivity contribution in [3.8, 4) is 5.75 Å². The lowest BCUT2D eigenvalue weighted by atomic mass is 10.00. The highest BCUT2D eigenvalue weighted by atomic mass is 19.4. The fraction of sp³-hybridized carbons (Fsp3) is 0.562. The molecule has 1 amide bonds. The lowest BCUT2D eigenvalue weighted by Gasteiger charge is -2.15. The van der Waals surface area contributed by atoms with E-state index in [-0.39, 0.29) is 36.8 Å². The molecule has 1 aliphatic carbocycles. The monoisotopic (exact) mass is 330 g/mol. The molecule has 7 heteroatoms. The molecule has 4 nitrogen and oxygen atoms in total. The molecule has 0 heterocycles. The number of carbonyl (C=O) groups is 1. The van der Waals surface area contributed by atoms with Gasteiger partial charge in [0.25, 0.3) is 0 Å². The number of carbonyl (C=O) groups excluding carboxylic acids is 1. The van der Waals surface area contributed by atoms with Gasteiger partial charge in [0.1, 0.15) is 12.4 Å². The molecule has 1 saturated carbocycles. The summed E-state index contributed by atoms with van der Waals surface area (Å²) in [5.74, 6) is 0.256. The van der Waals surface area contributed by atoms with Gasteiger partial charge in [0, 0.05) is 12.5 Å². The van der Waals surface area contributed by atoms with E-state index in [0.29, 0.717) is 6.42 Å². The minimum absolute atomic E-state index is 0.0853. The van der Waals surface area contributed by atoms with Crippen LogP contribution in [0.25, 0.3) is 0 Å². The van der Waals surface area contributed by atoms with E-state index < -0.39 is 11.7 Å². The molecule has 1 aromatic rings.